The van der Waals surface area contributed by atoms with Gasteiger partial charge in [-0.3, -0.25) is 34.2 Å². The predicted octanol–water partition coefficient (Wildman–Crippen LogP) is -0.0421. The lowest BCUT2D eigenvalue weighted by molar-refractivity contribution is -0.138. The van der Waals surface area contributed by atoms with Gasteiger partial charge >= 0.3 is 5.97 Å². The smallest absolute Gasteiger partial charge is 0.305 e. The van der Waals surface area contributed by atoms with Crippen molar-refractivity contribution in [1.29, 1.82) is 0 Å². The highest BCUT2D eigenvalue weighted by Crippen LogP contribution is 2.33. The molecule has 0 bridgehead atoms. The summed E-state index contributed by atoms with van der Waals surface area (Å²) in [6.07, 6.45) is -0.0147. The number of piperidine rings is 1. The van der Waals surface area contributed by atoms with Gasteiger partial charge in [0, 0.05) is 6.42 Å². The van der Waals surface area contributed by atoms with Crippen molar-refractivity contribution in [3.63, 3.8) is 0 Å². The van der Waals surface area contributed by atoms with E-state index in [9.17, 15) is 24.0 Å². The molecule has 28 heavy (non-hydrogen) atoms. The number of nitrogens with one attached hydrogen (secondary N) is 1. The molecule has 0 spiro atoms. The Hall–Kier alpha value is -3.27. The van der Waals surface area contributed by atoms with Gasteiger partial charge in [0.05, 0.1) is 30.8 Å². The van der Waals surface area contributed by atoms with Gasteiger partial charge < -0.3 is 14.6 Å². The SMILES string of the molecule is O=C(O)CCOCCOc1cccc2c1C(=O)N(C1CCC(=O)NC1=O)C2=O. The van der Waals surface area contributed by atoms with E-state index in [1.807, 2.05) is 0 Å². The Morgan fingerprint density at radius 1 is 1.14 bits per heavy atom. The number of hydrogen-bond donors (Lipinski definition) is 2. The molecule has 2 aliphatic heterocycles. The van der Waals surface area contributed by atoms with Crippen LogP contribution in [0.1, 0.15) is 40.0 Å². The fourth-order valence-electron chi connectivity index (χ4n) is 3.08. The number of aliphatic carboxylic acids is 1. The molecule has 3 rings (SSSR count). The Morgan fingerprint density at radius 3 is 2.64 bits per heavy atom. The lowest BCUT2D eigenvalue weighted by Gasteiger charge is -2.27. The Bertz CT molecular complexity index is 850. The van der Waals surface area contributed by atoms with E-state index in [2.05, 4.69) is 5.32 Å². The number of benzene rings is 1. The minimum Gasteiger partial charge on any atom is -0.490 e. The standard InChI is InChI=1S/C18H18N2O8/c21-13-5-4-11(16(24)19-13)20-17(25)10-2-1-3-12(15(10)18(20)26)28-9-8-27-7-6-14(22)23/h1-3,11H,4-9H2,(H,22,23)(H,19,21,24). The van der Waals surface area contributed by atoms with Crippen LogP contribution in [-0.2, 0) is 19.1 Å². The largest absolute Gasteiger partial charge is 0.490 e. The van der Waals surface area contributed by atoms with Gasteiger partial charge in [-0.25, -0.2) is 0 Å². The average molecular weight is 390 g/mol. The number of carboxylic acid groups (broad SMARTS) is 1. The van der Waals surface area contributed by atoms with E-state index >= 15 is 0 Å². The van der Waals surface area contributed by atoms with Crippen molar-refractivity contribution in [1.82, 2.24) is 10.2 Å². The fourth-order valence-corrected chi connectivity index (χ4v) is 3.08. The third-order valence-corrected chi connectivity index (χ3v) is 4.38. The Kier molecular flexibility index (Phi) is 5.69. The van der Waals surface area contributed by atoms with Crippen molar-refractivity contribution >= 4 is 29.6 Å². The van der Waals surface area contributed by atoms with E-state index in [0.717, 1.165) is 4.90 Å². The molecule has 0 saturated carbocycles. The summed E-state index contributed by atoms with van der Waals surface area (Å²) in [5.41, 5.74) is 0.182. The van der Waals surface area contributed by atoms with Crippen LogP contribution in [-0.4, -0.2) is 65.5 Å². The lowest BCUT2D eigenvalue weighted by Crippen LogP contribution is -2.54. The molecule has 1 aromatic rings. The maximum atomic E-state index is 12.8. The van der Waals surface area contributed by atoms with Gasteiger partial charge in [-0.2, -0.15) is 0 Å². The molecule has 0 aromatic heterocycles. The number of carbonyl (C=O) groups is 5. The molecule has 1 atom stereocenters. The van der Waals surface area contributed by atoms with Crippen molar-refractivity contribution in [2.45, 2.75) is 25.3 Å². The average Bonchev–Trinajstić information content (AvgIpc) is 2.90. The summed E-state index contributed by atoms with van der Waals surface area (Å²) in [7, 11) is 0. The maximum absolute atomic E-state index is 12.8. The number of imide groups is 2. The van der Waals surface area contributed by atoms with Gasteiger partial charge in [-0.05, 0) is 18.6 Å². The molecule has 0 radical (unpaired) electrons. The predicted molar refractivity (Wildman–Crippen MR) is 91.7 cm³/mol. The van der Waals surface area contributed by atoms with E-state index in [0.29, 0.717) is 0 Å². The minimum absolute atomic E-state index is 0.0340. The summed E-state index contributed by atoms with van der Waals surface area (Å²) < 4.78 is 10.6. The number of fused-ring (bicyclic) bond motifs is 1. The van der Waals surface area contributed by atoms with E-state index < -0.39 is 35.6 Å². The number of rotatable bonds is 8. The van der Waals surface area contributed by atoms with Crippen LogP contribution in [0.5, 0.6) is 5.75 Å². The van der Waals surface area contributed by atoms with Crippen molar-refractivity contribution in [2.75, 3.05) is 19.8 Å². The molecule has 0 aliphatic carbocycles. The van der Waals surface area contributed by atoms with E-state index in [4.69, 9.17) is 14.6 Å². The van der Waals surface area contributed by atoms with Crippen LogP contribution in [0.3, 0.4) is 0 Å². The van der Waals surface area contributed by atoms with Crippen LogP contribution >= 0.6 is 0 Å². The number of hydrogen-bond acceptors (Lipinski definition) is 7. The van der Waals surface area contributed by atoms with E-state index in [1.165, 1.54) is 12.1 Å². The second-order valence-corrected chi connectivity index (χ2v) is 6.23. The molecule has 2 aliphatic rings. The van der Waals surface area contributed by atoms with Crippen LogP contribution in [0.25, 0.3) is 0 Å². The number of nitrogens with zero attached hydrogens (tertiary/aromatic N) is 1. The zero-order valence-electron chi connectivity index (χ0n) is 14.8. The summed E-state index contributed by atoms with van der Waals surface area (Å²) >= 11 is 0. The number of carbonyl (C=O) groups excluding carboxylic acids is 4. The molecular weight excluding hydrogens is 372 g/mol. The van der Waals surface area contributed by atoms with Crippen molar-refractivity contribution < 1.29 is 38.6 Å². The topological polar surface area (TPSA) is 139 Å². The highest BCUT2D eigenvalue weighted by molar-refractivity contribution is 6.24. The van der Waals surface area contributed by atoms with Crippen LogP contribution in [0, 0.1) is 0 Å². The van der Waals surface area contributed by atoms with Crippen LogP contribution in [0.4, 0.5) is 0 Å². The summed E-state index contributed by atoms with van der Waals surface area (Å²) in [6.45, 7) is 0.193. The third kappa shape index (κ3) is 3.86. The van der Waals surface area contributed by atoms with Gasteiger partial charge in [0.15, 0.2) is 0 Å². The van der Waals surface area contributed by atoms with Crippen LogP contribution in [0.15, 0.2) is 18.2 Å². The van der Waals surface area contributed by atoms with Gasteiger partial charge in [0.1, 0.15) is 18.4 Å². The monoisotopic (exact) mass is 390 g/mol. The first-order valence-electron chi connectivity index (χ1n) is 8.67. The number of ether oxygens (including phenoxy) is 2. The van der Waals surface area contributed by atoms with Gasteiger partial charge in [-0.15, -0.1) is 0 Å². The summed E-state index contributed by atoms with van der Waals surface area (Å²) in [4.78, 5) is 60.2. The zero-order valence-corrected chi connectivity index (χ0v) is 14.8. The van der Waals surface area contributed by atoms with E-state index in [-0.39, 0.29) is 56.0 Å². The lowest BCUT2D eigenvalue weighted by atomic mass is 10.0. The second kappa shape index (κ2) is 8.17. The van der Waals surface area contributed by atoms with Crippen molar-refractivity contribution in [3.8, 4) is 5.75 Å². The zero-order chi connectivity index (χ0) is 20.3. The van der Waals surface area contributed by atoms with Gasteiger partial charge in [0.2, 0.25) is 11.8 Å². The van der Waals surface area contributed by atoms with Gasteiger partial charge in [-0.1, -0.05) is 6.07 Å². The summed E-state index contributed by atoms with van der Waals surface area (Å²) in [6, 6.07) is 3.50. The molecule has 2 heterocycles. The molecule has 1 aromatic carbocycles. The molecule has 2 N–H and O–H groups in total. The molecular formula is C18H18N2O8. The first-order chi connectivity index (χ1) is 13.4. The third-order valence-electron chi connectivity index (χ3n) is 4.38. The summed E-state index contributed by atoms with van der Waals surface area (Å²) in [5, 5.41) is 10.7. The molecule has 10 nitrogen and oxygen atoms in total. The Balaban J connectivity index is 1.69. The number of carboxylic acids is 1. The fraction of sp³-hybridized carbons (Fsp3) is 0.389. The van der Waals surface area contributed by atoms with Crippen LogP contribution < -0.4 is 10.1 Å². The molecule has 1 saturated heterocycles. The van der Waals surface area contributed by atoms with Gasteiger partial charge in [0.25, 0.3) is 11.8 Å². The molecule has 1 unspecified atom stereocenters. The first-order valence-corrected chi connectivity index (χ1v) is 8.67. The normalized spacial score (nSPS) is 18.9. The highest BCUT2D eigenvalue weighted by atomic mass is 16.5. The summed E-state index contributed by atoms with van der Waals surface area (Å²) in [5.74, 6) is -3.19. The number of amides is 4. The molecule has 148 valence electrons. The second-order valence-electron chi connectivity index (χ2n) is 6.23. The Labute approximate surface area is 159 Å². The quantitative estimate of drug-likeness (QED) is 0.465. The van der Waals surface area contributed by atoms with Crippen LogP contribution in [0.2, 0.25) is 0 Å². The molecule has 1 fully saturated rings. The molecule has 10 heteroatoms. The molecule has 4 amide bonds. The van der Waals surface area contributed by atoms with Crippen molar-refractivity contribution in [2.24, 2.45) is 0 Å². The Morgan fingerprint density at radius 2 is 1.93 bits per heavy atom. The van der Waals surface area contributed by atoms with E-state index in [1.54, 1.807) is 6.07 Å². The van der Waals surface area contributed by atoms with Crippen molar-refractivity contribution in [3.05, 3.63) is 29.3 Å². The highest BCUT2D eigenvalue weighted by Gasteiger charge is 2.45. The maximum Gasteiger partial charge on any atom is 0.305 e. The minimum atomic E-state index is -1.04. The first kappa shape index (κ1) is 19.5.